The minimum absolute atomic E-state index is 0.00831. The van der Waals surface area contributed by atoms with Crippen LogP contribution in [0.2, 0.25) is 5.02 Å². The SMILES string of the molecule is CCOC(=O)CCN(C)S(=O)(=O)c1cc(C)c(Cl)c(N)c1. The molecule has 0 radical (unpaired) electrons. The average Bonchev–Trinajstić information content (AvgIpc) is 2.41. The van der Waals surface area contributed by atoms with E-state index >= 15 is 0 Å². The summed E-state index contributed by atoms with van der Waals surface area (Å²) in [5.41, 5.74) is 6.47. The predicted molar refractivity (Wildman–Crippen MR) is 81.7 cm³/mol. The van der Waals surface area contributed by atoms with Crippen LogP contribution < -0.4 is 5.73 Å². The molecule has 1 aromatic carbocycles. The summed E-state index contributed by atoms with van der Waals surface area (Å²) in [7, 11) is -2.33. The van der Waals surface area contributed by atoms with Crippen molar-refractivity contribution in [2.24, 2.45) is 0 Å². The number of anilines is 1. The Morgan fingerprint density at radius 2 is 2.05 bits per heavy atom. The minimum atomic E-state index is -3.72. The molecule has 0 spiro atoms. The molecule has 0 bridgehead atoms. The van der Waals surface area contributed by atoms with Crippen LogP contribution in [0, 0.1) is 6.92 Å². The second kappa shape index (κ2) is 7.11. The number of benzene rings is 1. The van der Waals surface area contributed by atoms with Crippen LogP contribution in [0.25, 0.3) is 0 Å². The van der Waals surface area contributed by atoms with E-state index in [0.717, 1.165) is 4.31 Å². The van der Waals surface area contributed by atoms with Gasteiger partial charge in [-0.3, -0.25) is 4.79 Å². The molecule has 21 heavy (non-hydrogen) atoms. The van der Waals surface area contributed by atoms with E-state index in [1.165, 1.54) is 19.2 Å². The summed E-state index contributed by atoms with van der Waals surface area (Å²) in [5.74, 6) is -0.439. The predicted octanol–water partition coefficient (Wildman–Crippen LogP) is 1.80. The van der Waals surface area contributed by atoms with Gasteiger partial charge in [0.25, 0.3) is 0 Å². The summed E-state index contributed by atoms with van der Waals surface area (Å²) in [5, 5.41) is 0.336. The first-order valence-electron chi connectivity index (χ1n) is 6.37. The highest BCUT2D eigenvalue weighted by atomic mass is 35.5. The number of esters is 1. The Morgan fingerprint density at radius 3 is 2.57 bits per heavy atom. The molecular weight excluding hydrogens is 316 g/mol. The lowest BCUT2D eigenvalue weighted by molar-refractivity contribution is -0.143. The maximum absolute atomic E-state index is 12.4. The summed E-state index contributed by atoms with van der Waals surface area (Å²) < 4.78 is 30.6. The number of aryl methyl sites for hydroxylation is 1. The van der Waals surface area contributed by atoms with E-state index in [9.17, 15) is 13.2 Å². The highest BCUT2D eigenvalue weighted by Crippen LogP contribution is 2.28. The number of halogens is 1. The molecule has 1 aromatic rings. The Morgan fingerprint density at radius 1 is 1.43 bits per heavy atom. The Kier molecular flexibility index (Phi) is 6.00. The Bertz CT molecular complexity index is 608. The van der Waals surface area contributed by atoms with Crippen LogP contribution in [0.4, 0.5) is 5.69 Å². The smallest absolute Gasteiger partial charge is 0.307 e. The van der Waals surface area contributed by atoms with Crippen molar-refractivity contribution in [3.63, 3.8) is 0 Å². The Hall–Kier alpha value is -1.31. The van der Waals surface area contributed by atoms with Gasteiger partial charge in [0.2, 0.25) is 10.0 Å². The third-order valence-corrected chi connectivity index (χ3v) is 5.25. The Balaban J connectivity index is 2.92. The number of rotatable bonds is 6. The van der Waals surface area contributed by atoms with Crippen molar-refractivity contribution in [1.29, 1.82) is 0 Å². The molecule has 6 nitrogen and oxygen atoms in total. The number of sulfonamides is 1. The highest BCUT2D eigenvalue weighted by molar-refractivity contribution is 7.89. The fourth-order valence-corrected chi connectivity index (χ4v) is 3.10. The van der Waals surface area contributed by atoms with Crippen LogP contribution in [-0.4, -0.2) is 38.9 Å². The third kappa shape index (κ3) is 4.33. The number of nitrogen functional groups attached to an aromatic ring is 1. The molecule has 0 aromatic heterocycles. The van der Waals surface area contributed by atoms with Gasteiger partial charge in [-0.05, 0) is 31.5 Å². The zero-order valence-corrected chi connectivity index (χ0v) is 13.8. The van der Waals surface area contributed by atoms with Gasteiger partial charge in [-0.25, -0.2) is 12.7 Å². The second-order valence-corrected chi connectivity index (χ2v) is 6.95. The molecule has 8 heteroatoms. The standard InChI is InChI=1S/C13H19ClN2O4S/c1-4-20-12(17)5-6-16(3)21(18,19)10-7-9(2)13(14)11(15)8-10/h7-8H,4-6,15H2,1-3H3. The van der Waals surface area contributed by atoms with Gasteiger partial charge in [-0.15, -0.1) is 0 Å². The minimum Gasteiger partial charge on any atom is -0.466 e. The van der Waals surface area contributed by atoms with Gasteiger partial charge in [0.1, 0.15) is 0 Å². The molecule has 2 N–H and O–H groups in total. The summed E-state index contributed by atoms with van der Waals surface area (Å²) in [6.07, 6.45) is -0.00831. The summed E-state index contributed by atoms with van der Waals surface area (Å²) >= 11 is 5.92. The van der Waals surface area contributed by atoms with E-state index in [4.69, 9.17) is 22.1 Å². The number of ether oxygens (including phenoxy) is 1. The highest BCUT2D eigenvalue weighted by Gasteiger charge is 2.23. The van der Waals surface area contributed by atoms with E-state index in [-0.39, 0.29) is 30.2 Å². The molecule has 0 heterocycles. The van der Waals surface area contributed by atoms with E-state index in [2.05, 4.69) is 0 Å². The second-order valence-electron chi connectivity index (χ2n) is 4.52. The summed E-state index contributed by atoms with van der Waals surface area (Å²) in [4.78, 5) is 11.3. The average molecular weight is 335 g/mol. The van der Waals surface area contributed by atoms with Crippen LogP contribution in [0.1, 0.15) is 18.9 Å². The van der Waals surface area contributed by atoms with Gasteiger partial charge in [0, 0.05) is 13.6 Å². The number of nitrogens with two attached hydrogens (primary N) is 1. The largest absolute Gasteiger partial charge is 0.466 e. The molecule has 1 rings (SSSR count). The van der Waals surface area contributed by atoms with Crippen molar-refractivity contribution in [2.45, 2.75) is 25.2 Å². The molecule has 0 amide bonds. The van der Waals surface area contributed by atoms with Crippen LogP contribution in [-0.2, 0) is 19.6 Å². The molecular formula is C13H19ClN2O4S. The molecule has 0 unspecified atom stereocenters. The first kappa shape index (κ1) is 17.7. The zero-order valence-electron chi connectivity index (χ0n) is 12.2. The van der Waals surface area contributed by atoms with Crippen molar-refractivity contribution in [2.75, 3.05) is 25.9 Å². The maximum Gasteiger partial charge on any atom is 0.307 e. The number of hydrogen-bond acceptors (Lipinski definition) is 5. The topological polar surface area (TPSA) is 89.7 Å². The van der Waals surface area contributed by atoms with Crippen LogP contribution in [0.5, 0.6) is 0 Å². The fourth-order valence-electron chi connectivity index (χ4n) is 1.69. The van der Waals surface area contributed by atoms with Crippen LogP contribution in [0.15, 0.2) is 17.0 Å². The number of carbonyl (C=O) groups excluding carboxylic acids is 1. The normalized spacial score (nSPS) is 11.7. The first-order chi connectivity index (χ1) is 9.70. The van der Waals surface area contributed by atoms with Crippen molar-refractivity contribution < 1.29 is 17.9 Å². The van der Waals surface area contributed by atoms with Gasteiger partial charge in [-0.2, -0.15) is 0 Å². The van der Waals surface area contributed by atoms with E-state index in [1.807, 2.05) is 0 Å². The van der Waals surface area contributed by atoms with Crippen molar-refractivity contribution in [3.05, 3.63) is 22.7 Å². The van der Waals surface area contributed by atoms with E-state index < -0.39 is 16.0 Å². The summed E-state index contributed by atoms with van der Waals surface area (Å²) in [6.45, 7) is 3.67. The summed E-state index contributed by atoms with van der Waals surface area (Å²) in [6, 6.07) is 2.76. The monoisotopic (exact) mass is 334 g/mol. The van der Waals surface area contributed by atoms with Gasteiger partial charge in [0.05, 0.1) is 28.6 Å². The van der Waals surface area contributed by atoms with Gasteiger partial charge in [0.15, 0.2) is 0 Å². The van der Waals surface area contributed by atoms with Gasteiger partial charge >= 0.3 is 5.97 Å². The Labute approximate surface area is 129 Å². The van der Waals surface area contributed by atoms with Gasteiger partial charge in [-0.1, -0.05) is 11.6 Å². The molecule has 0 saturated carbocycles. The van der Waals surface area contributed by atoms with E-state index in [0.29, 0.717) is 10.6 Å². The molecule has 0 fully saturated rings. The first-order valence-corrected chi connectivity index (χ1v) is 8.19. The van der Waals surface area contributed by atoms with E-state index in [1.54, 1.807) is 13.8 Å². The van der Waals surface area contributed by atoms with Crippen LogP contribution >= 0.6 is 11.6 Å². The number of carbonyl (C=O) groups is 1. The van der Waals surface area contributed by atoms with Crippen molar-refractivity contribution in [1.82, 2.24) is 4.31 Å². The zero-order chi connectivity index (χ0) is 16.2. The fraction of sp³-hybridized carbons (Fsp3) is 0.462. The van der Waals surface area contributed by atoms with Crippen LogP contribution in [0.3, 0.4) is 0 Å². The molecule has 0 atom stereocenters. The number of nitrogens with zero attached hydrogens (tertiary/aromatic N) is 1. The molecule has 0 aliphatic rings. The lowest BCUT2D eigenvalue weighted by atomic mass is 10.2. The molecule has 0 aliphatic carbocycles. The molecule has 118 valence electrons. The van der Waals surface area contributed by atoms with Crippen molar-refractivity contribution >= 4 is 33.3 Å². The molecule has 0 saturated heterocycles. The quantitative estimate of drug-likeness (QED) is 0.633. The van der Waals surface area contributed by atoms with Crippen molar-refractivity contribution in [3.8, 4) is 0 Å². The lowest BCUT2D eigenvalue weighted by Gasteiger charge is -2.18. The van der Waals surface area contributed by atoms with Gasteiger partial charge < -0.3 is 10.5 Å². The molecule has 0 aliphatic heterocycles. The maximum atomic E-state index is 12.4. The number of hydrogen-bond donors (Lipinski definition) is 1. The lowest BCUT2D eigenvalue weighted by Crippen LogP contribution is -2.29. The third-order valence-electron chi connectivity index (χ3n) is 2.90.